The number of hydrogen-bond acceptors (Lipinski definition) is 16. The van der Waals surface area contributed by atoms with E-state index in [1.54, 1.807) is 72.6 Å². The molecule has 6 aliphatic rings. The number of likely N-dealkylation sites (N-methyl/N-ethyl adjacent to an activating group) is 1. The second-order valence-corrected chi connectivity index (χ2v) is 31.0. The molecule has 0 saturated carbocycles. The Morgan fingerprint density at radius 1 is 0.696 bits per heavy atom. The van der Waals surface area contributed by atoms with Crippen LogP contribution in [0.2, 0.25) is 0 Å². The molecule has 7 heterocycles. The summed E-state index contributed by atoms with van der Waals surface area (Å²) in [6.07, 6.45) is 0.639. The van der Waals surface area contributed by atoms with Crippen LogP contribution in [-0.2, 0) is 112 Å². The van der Waals surface area contributed by atoms with Crippen LogP contribution in [0.4, 0.5) is 4.39 Å². The normalized spacial score (nSPS) is 24.9. The van der Waals surface area contributed by atoms with Gasteiger partial charge in [0, 0.05) is 108 Å². The molecule has 2 saturated heterocycles. The molecule has 112 heavy (non-hydrogen) atoms. The Morgan fingerprint density at radius 3 is 2.16 bits per heavy atom. The van der Waals surface area contributed by atoms with E-state index >= 15 is 33.2 Å². The number of carbonyl (C=O) groups excluding carboxylic acids is 12. The van der Waals surface area contributed by atoms with Crippen LogP contribution < -0.4 is 52.6 Å². The Labute approximate surface area is 651 Å². The van der Waals surface area contributed by atoms with E-state index in [0.717, 1.165) is 16.0 Å². The third-order valence-corrected chi connectivity index (χ3v) is 21.4. The summed E-state index contributed by atoms with van der Waals surface area (Å²) >= 11 is 0. The van der Waals surface area contributed by atoms with Crippen LogP contribution in [-0.4, -0.2) is 247 Å². The molecule has 31 heteroatoms. The number of methoxy groups -OCH3 is 1. The number of carbonyl (C=O) groups is 12. The molecule has 0 spiro atoms. The Bertz CT molecular complexity index is 4230. The minimum Gasteiger partial charge on any atom is -0.497 e. The highest BCUT2D eigenvalue weighted by Crippen LogP contribution is 2.32. The van der Waals surface area contributed by atoms with Crippen molar-refractivity contribution in [3.8, 4) is 5.75 Å². The van der Waals surface area contributed by atoms with Crippen molar-refractivity contribution in [1.82, 2.24) is 67.1 Å². The average molecular weight is 1550 g/mol. The molecule has 1 aromatic heterocycles. The Kier molecular flexibility index (Phi) is 29.1. The highest BCUT2D eigenvalue weighted by molar-refractivity contribution is 6.00. The van der Waals surface area contributed by atoms with Crippen LogP contribution in [0.1, 0.15) is 118 Å². The number of aliphatic hydroxyl groups is 1. The quantitative estimate of drug-likeness (QED) is 0.0624. The maximum atomic E-state index is 16.2. The predicted octanol–water partition coefficient (Wildman–Crippen LogP) is 1.41. The molecule has 11 rings (SSSR count). The smallest absolute Gasteiger partial charge is 0.246 e. The Morgan fingerprint density at radius 2 is 1.42 bits per heavy atom. The predicted molar refractivity (Wildman–Crippen MR) is 410 cm³/mol. The van der Waals surface area contributed by atoms with E-state index in [9.17, 15) is 33.9 Å². The molecule has 12 amide bonds. The number of amides is 12. The maximum Gasteiger partial charge on any atom is 0.246 e. The van der Waals surface area contributed by atoms with E-state index in [-0.39, 0.29) is 96.6 Å². The van der Waals surface area contributed by atoms with Gasteiger partial charge >= 0.3 is 0 Å². The van der Waals surface area contributed by atoms with Crippen molar-refractivity contribution in [3.05, 3.63) is 136 Å². The summed E-state index contributed by atoms with van der Waals surface area (Å²) in [7, 11) is 7.45. The van der Waals surface area contributed by atoms with Gasteiger partial charge in [-0.3, -0.25) is 57.5 Å². The number of aryl methyl sites for hydroxylation is 1. The molecule has 10 atom stereocenters. The molecule has 6 aliphatic heterocycles. The fraction of sp³-hybridized carbons (Fsp3) is 0.531. The molecule has 0 radical (unpaired) electrons. The summed E-state index contributed by atoms with van der Waals surface area (Å²) < 4.78 is 35.8. The molecule has 2 fully saturated rings. The molecular weight excluding hydrogens is 1440 g/mol. The van der Waals surface area contributed by atoms with Crippen molar-refractivity contribution in [2.24, 2.45) is 0 Å². The van der Waals surface area contributed by atoms with E-state index in [2.05, 4.69) is 47.9 Å². The highest BCUT2D eigenvalue weighted by atomic mass is 19.1. The van der Waals surface area contributed by atoms with Gasteiger partial charge in [0.25, 0.3) is 0 Å². The number of fused-ring (bicyclic) bond motifs is 16. The van der Waals surface area contributed by atoms with Gasteiger partial charge in [0.2, 0.25) is 70.9 Å². The van der Waals surface area contributed by atoms with Gasteiger partial charge < -0.3 is 90.9 Å². The monoisotopic (exact) mass is 1550 g/mol. The summed E-state index contributed by atoms with van der Waals surface area (Å²) in [6.45, 7) is 4.89. The van der Waals surface area contributed by atoms with Crippen LogP contribution in [0.3, 0.4) is 0 Å². The van der Waals surface area contributed by atoms with Crippen LogP contribution in [0.15, 0.2) is 97.2 Å². The van der Waals surface area contributed by atoms with Gasteiger partial charge in [0.1, 0.15) is 72.6 Å². The number of nitrogens with one attached hydrogen (secondary N) is 9. The van der Waals surface area contributed by atoms with Gasteiger partial charge in [0.05, 0.1) is 53.7 Å². The number of rotatable bonds is 12. The first-order chi connectivity index (χ1) is 53.5. The third kappa shape index (κ3) is 22.7. The standard InChI is InChI=1S/C81H107FN14O16/c1-50-73(102)90-64(46-85-67(98)30-38-111-39-37-96(4,5)6)75(104)87-61-42-55-14-12-15-56(40-55)45-84-69(100)49-112-66-29-36-94-72(66)77(106)91-71(51(2)97)76(105)89-62(41-53-20-23-59(110-7)24-21-53)79(108)95-35-13-31-81(95,3)80(109)83-32-28-52-16-18-54(19-17-52)47-93(70(101)27-26-68(99)86-50)34-11-9-8-10-33-92-48-57(43-63(78(94)107)88-74(61)103)60-44-58(82)22-25-65(60)92/h12,14-25,40,44,48,50-51,61-64,66,71-72,97H,8-11,13,26-39,41-43,45-47,49H2,1-7H3,(H8-,83,84,85,86,87,88,89,90,91,98,99,100,102,103,104,105,106,109)/p+1/t50-,51+,61-,62-,63-,64+,66-,71-,72-,81-/m0/s1. The minimum atomic E-state index is -1.86. The largest absolute Gasteiger partial charge is 0.497 e. The first-order valence-corrected chi connectivity index (χ1v) is 38.8. The van der Waals surface area contributed by atoms with Crippen molar-refractivity contribution >= 4 is 81.8 Å². The molecule has 12 bridgehead atoms. The first-order valence-electron chi connectivity index (χ1n) is 38.8. The second-order valence-electron chi connectivity index (χ2n) is 31.0. The summed E-state index contributed by atoms with van der Waals surface area (Å²) in [5.41, 5.74) is 2.71. The van der Waals surface area contributed by atoms with Gasteiger partial charge in [-0.2, -0.15) is 0 Å². The fourth-order valence-corrected chi connectivity index (χ4v) is 14.9. The van der Waals surface area contributed by atoms with Gasteiger partial charge in [-0.1, -0.05) is 73.5 Å². The van der Waals surface area contributed by atoms with Crippen molar-refractivity contribution in [3.63, 3.8) is 0 Å². The number of hydrogen-bond donors (Lipinski definition) is 10. The second kappa shape index (κ2) is 38.7. The minimum absolute atomic E-state index is 0.0136. The molecule has 0 unspecified atom stereocenters. The Hall–Kier alpha value is -10.4. The zero-order chi connectivity index (χ0) is 80.4. The van der Waals surface area contributed by atoms with Crippen LogP contribution in [0.25, 0.3) is 10.9 Å². The Balaban J connectivity index is 1.08. The molecule has 0 aliphatic carbocycles. The molecule has 5 aromatic rings. The number of ether oxygens (including phenoxy) is 3. The van der Waals surface area contributed by atoms with Gasteiger partial charge in [-0.15, -0.1) is 0 Å². The molecule has 604 valence electrons. The van der Waals surface area contributed by atoms with Crippen molar-refractivity contribution in [2.45, 2.75) is 190 Å². The van der Waals surface area contributed by atoms with Crippen molar-refractivity contribution in [2.75, 3.05) is 87.3 Å². The molecule has 30 nitrogen and oxygen atoms in total. The lowest BCUT2D eigenvalue weighted by atomic mass is 9.95. The molecule has 4 aromatic carbocycles. The third-order valence-electron chi connectivity index (χ3n) is 21.4. The maximum absolute atomic E-state index is 16.2. The summed E-state index contributed by atoms with van der Waals surface area (Å²) in [5.74, 6) is -9.25. The van der Waals surface area contributed by atoms with Crippen LogP contribution >= 0.6 is 0 Å². The lowest BCUT2D eigenvalue weighted by Crippen LogP contribution is -2.64. The van der Waals surface area contributed by atoms with Gasteiger partial charge in [0.15, 0.2) is 0 Å². The van der Waals surface area contributed by atoms with Crippen molar-refractivity contribution < 1.29 is 85.7 Å². The topological polar surface area (TPSA) is 376 Å². The van der Waals surface area contributed by atoms with E-state index < -0.39 is 144 Å². The number of halogens is 1. The molecular formula is C81H108FN14O16+. The summed E-state index contributed by atoms with van der Waals surface area (Å²) in [6, 6.07) is 13.9. The van der Waals surface area contributed by atoms with Crippen molar-refractivity contribution in [1.29, 1.82) is 0 Å². The first kappa shape index (κ1) is 84.1. The summed E-state index contributed by atoms with van der Waals surface area (Å²) in [4.78, 5) is 182. The highest BCUT2D eigenvalue weighted by Gasteiger charge is 2.50. The summed E-state index contributed by atoms with van der Waals surface area (Å²) in [5, 5.41) is 37.0. The molecule has 10 N–H and O–H groups in total. The van der Waals surface area contributed by atoms with E-state index in [4.69, 9.17) is 14.2 Å². The lowest BCUT2D eigenvalue weighted by molar-refractivity contribution is -0.870. The van der Waals surface area contributed by atoms with E-state index in [1.807, 2.05) is 50.0 Å². The average Bonchev–Trinajstić information content (AvgIpc) is 1.63. The van der Waals surface area contributed by atoms with Crippen LogP contribution in [0.5, 0.6) is 5.75 Å². The van der Waals surface area contributed by atoms with E-state index in [1.165, 1.54) is 38.0 Å². The number of benzene rings is 4. The SMILES string of the molecule is COc1ccc(C[C@@H]2NC(=O)[C@H]([C@@H](C)O)NC(=O)[C@@H]3[C@@H]4CCN3C(=O)[C@@H]3Cc5cn(c6ccc(F)cc56)CCCCCCN(Cc5ccc(cc5)CCNC(=O)[C@]5(C)CCCN5C2=O)C(=O)CCC(=O)N[C@@H](C)C(=O)N[C@H](CNC(=O)CCOCC[N+](C)(C)C)C(=O)N[C@@H](Cc2cccc(c2)CNC(=O)CO4)C(=O)N3)cc1. The van der Waals surface area contributed by atoms with Gasteiger partial charge in [-0.05, 0) is 123 Å². The zero-order valence-corrected chi connectivity index (χ0v) is 65.0. The van der Waals surface area contributed by atoms with Gasteiger partial charge in [-0.25, -0.2) is 4.39 Å². The lowest BCUT2D eigenvalue weighted by Gasteiger charge is -2.37. The number of aliphatic hydroxyl groups excluding tert-OH is 1. The zero-order valence-electron chi connectivity index (χ0n) is 65.0. The fourth-order valence-electron chi connectivity index (χ4n) is 14.9. The van der Waals surface area contributed by atoms with E-state index in [0.29, 0.717) is 108 Å². The number of aromatic nitrogens is 1. The number of quaternary nitrogens is 1. The van der Waals surface area contributed by atoms with Crippen LogP contribution in [0, 0.1) is 5.82 Å². The number of nitrogens with zero attached hydrogens (tertiary/aromatic N) is 5.